The second kappa shape index (κ2) is 9.96. The van der Waals surface area contributed by atoms with Crippen molar-refractivity contribution in [1.29, 1.82) is 0 Å². The van der Waals surface area contributed by atoms with Gasteiger partial charge in [0.1, 0.15) is 6.10 Å². The predicted octanol–water partition coefficient (Wildman–Crippen LogP) is 2.13. The third kappa shape index (κ3) is 5.07. The third-order valence-electron chi connectivity index (χ3n) is 5.80. The van der Waals surface area contributed by atoms with Crippen LogP contribution in [0.25, 0.3) is 0 Å². The number of ether oxygens (including phenoxy) is 1. The number of anilines is 1. The standard InChI is InChI=1S/C23H32N6O2/c1-3-24-23(28-13-14-31-21(17-28)19-15-26-27(2)16-19)25-11-6-9-22(30)29-12-10-18-7-4-5-8-20(18)29/h4-5,7-8,15-16,21H,3,6,9-14,17H2,1-2H3,(H,24,25). The first-order valence-corrected chi connectivity index (χ1v) is 11.2. The molecule has 0 radical (unpaired) electrons. The smallest absolute Gasteiger partial charge is 0.227 e. The fourth-order valence-electron chi connectivity index (χ4n) is 4.22. The molecule has 1 saturated heterocycles. The van der Waals surface area contributed by atoms with Crippen LogP contribution in [0.2, 0.25) is 0 Å². The zero-order valence-electron chi connectivity index (χ0n) is 18.5. The zero-order valence-corrected chi connectivity index (χ0v) is 18.5. The molecule has 2 aliphatic heterocycles. The van der Waals surface area contributed by atoms with Gasteiger partial charge in [-0.2, -0.15) is 5.10 Å². The predicted molar refractivity (Wildman–Crippen MR) is 121 cm³/mol. The summed E-state index contributed by atoms with van der Waals surface area (Å²) in [6.45, 7) is 6.47. The van der Waals surface area contributed by atoms with Gasteiger partial charge in [0.15, 0.2) is 5.96 Å². The van der Waals surface area contributed by atoms with Gasteiger partial charge in [0.05, 0.1) is 19.3 Å². The maximum atomic E-state index is 12.7. The Hall–Kier alpha value is -2.87. The van der Waals surface area contributed by atoms with Crippen LogP contribution in [0.15, 0.2) is 41.7 Å². The lowest BCUT2D eigenvalue weighted by atomic mass is 10.1. The van der Waals surface area contributed by atoms with Gasteiger partial charge in [0.25, 0.3) is 0 Å². The monoisotopic (exact) mass is 424 g/mol. The third-order valence-corrected chi connectivity index (χ3v) is 5.80. The highest BCUT2D eigenvalue weighted by Crippen LogP contribution is 2.28. The average molecular weight is 425 g/mol. The molecule has 3 heterocycles. The number of rotatable bonds is 6. The molecule has 0 saturated carbocycles. The number of hydrogen-bond donors (Lipinski definition) is 1. The molecule has 1 amide bonds. The van der Waals surface area contributed by atoms with Crippen LogP contribution in [0.4, 0.5) is 5.69 Å². The van der Waals surface area contributed by atoms with E-state index in [1.807, 2.05) is 42.5 Å². The summed E-state index contributed by atoms with van der Waals surface area (Å²) in [5, 5.41) is 7.65. The number of fused-ring (bicyclic) bond motifs is 1. The molecule has 1 aromatic heterocycles. The number of benzene rings is 1. The molecule has 0 spiro atoms. The zero-order chi connectivity index (χ0) is 21.6. The number of hydrogen-bond acceptors (Lipinski definition) is 4. The van der Waals surface area contributed by atoms with E-state index in [1.54, 1.807) is 4.68 Å². The van der Waals surface area contributed by atoms with Crippen LogP contribution in [0, 0.1) is 0 Å². The highest BCUT2D eigenvalue weighted by atomic mass is 16.5. The van der Waals surface area contributed by atoms with Gasteiger partial charge < -0.3 is 19.9 Å². The van der Waals surface area contributed by atoms with Crippen LogP contribution >= 0.6 is 0 Å². The summed E-state index contributed by atoms with van der Waals surface area (Å²) in [4.78, 5) is 21.7. The van der Waals surface area contributed by atoms with E-state index in [9.17, 15) is 4.79 Å². The molecule has 2 aliphatic rings. The van der Waals surface area contributed by atoms with Crippen molar-refractivity contribution in [3.05, 3.63) is 47.8 Å². The van der Waals surface area contributed by atoms with E-state index < -0.39 is 0 Å². The van der Waals surface area contributed by atoms with Gasteiger partial charge in [-0.15, -0.1) is 0 Å². The van der Waals surface area contributed by atoms with Crippen molar-refractivity contribution >= 4 is 17.6 Å². The Labute approximate surface area is 183 Å². The number of guanidine groups is 1. The lowest BCUT2D eigenvalue weighted by Crippen LogP contribution is -2.48. The molecule has 1 atom stereocenters. The lowest BCUT2D eigenvalue weighted by Gasteiger charge is -2.34. The Morgan fingerprint density at radius 3 is 3.00 bits per heavy atom. The van der Waals surface area contributed by atoms with E-state index in [2.05, 4.69) is 28.3 Å². The first kappa shape index (κ1) is 21.4. The van der Waals surface area contributed by atoms with Crippen LogP contribution in [0.3, 0.4) is 0 Å². The number of carbonyl (C=O) groups is 1. The Bertz CT molecular complexity index is 924. The molecule has 1 N–H and O–H groups in total. The lowest BCUT2D eigenvalue weighted by molar-refractivity contribution is -0.118. The van der Waals surface area contributed by atoms with E-state index in [-0.39, 0.29) is 12.0 Å². The number of nitrogens with zero attached hydrogens (tertiary/aromatic N) is 5. The van der Waals surface area contributed by atoms with E-state index in [1.165, 1.54) is 5.56 Å². The average Bonchev–Trinajstić information content (AvgIpc) is 3.42. The maximum absolute atomic E-state index is 12.7. The van der Waals surface area contributed by atoms with E-state index >= 15 is 0 Å². The molecule has 8 heteroatoms. The quantitative estimate of drug-likeness (QED) is 0.437. The molecule has 8 nitrogen and oxygen atoms in total. The fraction of sp³-hybridized carbons (Fsp3) is 0.522. The topological polar surface area (TPSA) is 75.0 Å². The number of morpholine rings is 1. The molecule has 1 fully saturated rings. The van der Waals surface area contributed by atoms with Crippen molar-refractivity contribution in [3.63, 3.8) is 0 Å². The SMILES string of the molecule is CCNC(=NCCCC(=O)N1CCc2ccccc21)N1CCOC(c2cnn(C)c2)C1. The largest absolute Gasteiger partial charge is 0.370 e. The van der Waals surface area contributed by atoms with Crippen LogP contribution in [0.5, 0.6) is 0 Å². The van der Waals surface area contributed by atoms with E-state index in [0.717, 1.165) is 56.2 Å². The van der Waals surface area contributed by atoms with Crippen molar-refractivity contribution in [3.8, 4) is 0 Å². The van der Waals surface area contributed by atoms with Crippen LogP contribution in [0.1, 0.15) is 37.0 Å². The van der Waals surface area contributed by atoms with Crippen LogP contribution < -0.4 is 10.2 Å². The van der Waals surface area contributed by atoms with Crippen molar-refractivity contribution in [2.45, 2.75) is 32.3 Å². The van der Waals surface area contributed by atoms with Crippen LogP contribution in [-0.4, -0.2) is 65.9 Å². The first-order chi connectivity index (χ1) is 15.2. The fourth-order valence-corrected chi connectivity index (χ4v) is 4.22. The van der Waals surface area contributed by atoms with Crippen molar-refractivity contribution in [2.24, 2.45) is 12.0 Å². The van der Waals surface area contributed by atoms with Gasteiger partial charge in [-0.3, -0.25) is 14.5 Å². The van der Waals surface area contributed by atoms with Crippen molar-refractivity contribution in [1.82, 2.24) is 20.0 Å². The summed E-state index contributed by atoms with van der Waals surface area (Å²) in [7, 11) is 1.91. The van der Waals surface area contributed by atoms with Crippen LogP contribution in [-0.2, 0) is 23.0 Å². The summed E-state index contributed by atoms with van der Waals surface area (Å²) in [5.41, 5.74) is 3.41. The number of aliphatic imine (C=N–C) groups is 1. The Morgan fingerprint density at radius 2 is 2.19 bits per heavy atom. The van der Waals surface area contributed by atoms with Gasteiger partial charge in [-0.1, -0.05) is 18.2 Å². The summed E-state index contributed by atoms with van der Waals surface area (Å²) in [6, 6.07) is 8.18. The summed E-state index contributed by atoms with van der Waals surface area (Å²) in [5.74, 6) is 1.08. The Balaban J connectivity index is 1.31. The summed E-state index contributed by atoms with van der Waals surface area (Å²) < 4.78 is 7.75. The molecule has 0 aliphatic carbocycles. The molecule has 0 bridgehead atoms. The number of aromatic nitrogens is 2. The van der Waals surface area contributed by atoms with Gasteiger partial charge in [-0.05, 0) is 31.4 Å². The summed E-state index contributed by atoms with van der Waals surface area (Å²) in [6.07, 6.45) is 6.05. The maximum Gasteiger partial charge on any atom is 0.227 e. The second-order valence-corrected chi connectivity index (χ2v) is 8.02. The normalized spacial score (nSPS) is 18.9. The van der Waals surface area contributed by atoms with E-state index in [4.69, 9.17) is 9.73 Å². The molecular weight excluding hydrogens is 392 g/mol. The molecular formula is C23H32N6O2. The number of amides is 1. The Morgan fingerprint density at radius 1 is 1.32 bits per heavy atom. The first-order valence-electron chi connectivity index (χ1n) is 11.2. The highest BCUT2D eigenvalue weighted by molar-refractivity contribution is 5.95. The number of carbonyl (C=O) groups excluding carboxylic acids is 1. The van der Waals surface area contributed by atoms with E-state index in [0.29, 0.717) is 19.6 Å². The van der Waals surface area contributed by atoms with Crippen molar-refractivity contribution in [2.75, 3.05) is 44.2 Å². The summed E-state index contributed by atoms with van der Waals surface area (Å²) >= 11 is 0. The minimum absolute atomic E-state index is 0.0110. The molecule has 1 aromatic carbocycles. The second-order valence-electron chi connectivity index (χ2n) is 8.02. The molecule has 4 rings (SSSR count). The molecule has 166 valence electrons. The molecule has 31 heavy (non-hydrogen) atoms. The Kier molecular flexibility index (Phi) is 6.86. The minimum Gasteiger partial charge on any atom is -0.370 e. The number of aryl methyl sites for hydroxylation is 1. The van der Waals surface area contributed by atoms with Crippen molar-refractivity contribution < 1.29 is 9.53 Å². The molecule has 2 aromatic rings. The number of nitrogens with one attached hydrogen (secondary N) is 1. The highest BCUT2D eigenvalue weighted by Gasteiger charge is 2.26. The minimum atomic E-state index is -0.0110. The molecule has 1 unspecified atom stereocenters. The van der Waals surface area contributed by atoms with Gasteiger partial charge >= 0.3 is 0 Å². The van der Waals surface area contributed by atoms with Gasteiger partial charge in [-0.25, -0.2) is 0 Å². The van der Waals surface area contributed by atoms with Gasteiger partial charge in [0, 0.05) is 57.1 Å². The van der Waals surface area contributed by atoms with Gasteiger partial charge in [0.2, 0.25) is 5.91 Å². The number of para-hydroxylation sites is 1.